The lowest BCUT2D eigenvalue weighted by Gasteiger charge is -2.18. The number of carbonyl (C=O) groups is 2. The molecule has 32 heavy (non-hydrogen) atoms. The molecule has 3 rings (SSSR count). The van der Waals surface area contributed by atoms with Gasteiger partial charge in [-0.3, -0.25) is 19.1 Å². The number of carbonyl (C=O) groups excluding carboxylic acids is 2. The molecule has 12 heteroatoms. The van der Waals surface area contributed by atoms with Gasteiger partial charge in [0, 0.05) is 25.7 Å². The number of nitrogens with zero attached hydrogens (tertiary/aromatic N) is 4. The first-order valence-electron chi connectivity index (χ1n) is 9.69. The maximum Gasteiger partial charge on any atom is 0.358 e. The van der Waals surface area contributed by atoms with Crippen LogP contribution in [0.1, 0.15) is 44.0 Å². The summed E-state index contributed by atoms with van der Waals surface area (Å²) in [5, 5.41) is 4.10. The van der Waals surface area contributed by atoms with Crippen LogP contribution < -0.4 is 16.1 Å². The van der Waals surface area contributed by atoms with Gasteiger partial charge in [0.05, 0.1) is 16.6 Å². The molecule has 0 fully saturated rings. The normalized spacial score (nSPS) is 11.8. The van der Waals surface area contributed by atoms with E-state index in [2.05, 4.69) is 5.10 Å². The minimum Gasteiger partial charge on any atom is -0.299 e. The summed E-state index contributed by atoms with van der Waals surface area (Å²) in [6.07, 6.45) is 1.59. The third-order valence-corrected chi connectivity index (χ3v) is 6.13. The van der Waals surface area contributed by atoms with Gasteiger partial charge in [0.25, 0.3) is 15.6 Å². The van der Waals surface area contributed by atoms with Crippen LogP contribution in [0.25, 0.3) is 22.2 Å². The molecular formula is C20H23N5O6S. The summed E-state index contributed by atoms with van der Waals surface area (Å²) in [6, 6.07) is 4.85. The number of fused-ring (bicyclic) bond motifs is 1. The number of benzene rings is 1. The molecule has 170 valence electrons. The number of ketones is 1. The Morgan fingerprint density at radius 3 is 2.31 bits per heavy atom. The fourth-order valence-corrected chi connectivity index (χ4v) is 4.57. The predicted octanol–water partition coefficient (Wildman–Crippen LogP) is 0.809. The van der Waals surface area contributed by atoms with Crippen molar-refractivity contribution in [2.24, 2.45) is 7.05 Å². The van der Waals surface area contributed by atoms with Crippen molar-refractivity contribution >= 4 is 32.6 Å². The number of nitrogens with one attached hydrogen (secondary N) is 1. The van der Waals surface area contributed by atoms with Crippen LogP contribution in [0.2, 0.25) is 0 Å². The van der Waals surface area contributed by atoms with E-state index in [-0.39, 0.29) is 21.5 Å². The van der Waals surface area contributed by atoms with Gasteiger partial charge in [-0.2, -0.15) is 9.77 Å². The maximum absolute atomic E-state index is 13.2. The first-order chi connectivity index (χ1) is 14.8. The van der Waals surface area contributed by atoms with E-state index >= 15 is 0 Å². The van der Waals surface area contributed by atoms with E-state index in [4.69, 9.17) is 0 Å². The molecule has 0 bridgehead atoms. The quantitative estimate of drug-likeness (QED) is 0.572. The molecule has 3 aromatic rings. The Kier molecular flexibility index (Phi) is 5.92. The van der Waals surface area contributed by atoms with Gasteiger partial charge in [-0.1, -0.05) is 13.8 Å². The van der Waals surface area contributed by atoms with Gasteiger partial charge in [-0.05, 0) is 36.6 Å². The summed E-state index contributed by atoms with van der Waals surface area (Å²) in [6.45, 7) is 6.04. The zero-order chi connectivity index (χ0) is 24.0. The van der Waals surface area contributed by atoms with Crippen molar-refractivity contribution in [2.75, 3.05) is 10.6 Å². The van der Waals surface area contributed by atoms with Gasteiger partial charge in [0.15, 0.2) is 0 Å². The third kappa shape index (κ3) is 4.13. The Labute approximate surface area is 183 Å². The molecule has 0 radical (unpaired) electrons. The second-order valence-electron chi connectivity index (χ2n) is 7.78. The van der Waals surface area contributed by atoms with Gasteiger partial charge in [0.2, 0.25) is 5.91 Å². The largest absolute Gasteiger partial charge is 0.358 e. The van der Waals surface area contributed by atoms with Crippen LogP contribution in [0, 0.1) is 0 Å². The first kappa shape index (κ1) is 23.1. The average molecular weight is 462 g/mol. The number of Topliss-reactive ketones (excluding diaryl/α,β-unsaturated/α-hetero) is 1. The standard InChI is InChI=1S/C20H23N5O6S/c1-11(2)14-9-18-16(8-15(14)17-6-7-21-23(17)5)19(28)25(20(29)24(18)13(4)27)22-32(30,31)10-12(3)26/h6-9,11,22H,10H2,1-5H3. The van der Waals surface area contributed by atoms with Crippen molar-refractivity contribution in [1.82, 2.24) is 19.0 Å². The molecule has 2 heterocycles. The van der Waals surface area contributed by atoms with Crippen LogP contribution in [-0.2, 0) is 21.9 Å². The summed E-state index contributed by atoms with van der Waals surface area (Å²) in [7, 11) is -2.62. The average Bonchev–Trinajstić information content (AvgIpc) is 3.08. The molecule has 0 aliphatic carbocycles. The Morgan fingerprint density at radius 2 is 1.81 bits per heavy atom. The van der Waals surface area contributed by atoms with Crippen LogP contribution in [0.15, 0.2) is 34.0 Å². The summed E-state index contributed by atoms with van der Waals surface area (Å²) < 4.78 is 27.1. The van der Waals surface area contributed by atoms with E-state index in [1.54, 1.807) is 30.1 Å². The number of aromatic nitrogens is 4. The highest BCUT2D eigenvalue weighted by atomic mass is 32.2. The van der Waals surface area contributed by atoms with Crippen molar-refractivity contribution in [1.29, 1.82) is 0 Å². The van der Waals surface area contributed by atoms with Crippen molar-refractivity contribution in [3.8, 4) is 11.3 Å². The molecule has 0 aliphatic rings. The lowest BCUT2D eigenvalue weighted by Crippen LogP contribution is -2.48. The topological polar surface area (TPSA) is 142 Å². The predicted molar refractivity (Wildman–Crippen MR) is 119 cm³/mol. The van der Waals surface area contributed by atoms with E-state index in [1.165, 1.54) is 6.07 Å². The first-order valence-corrected chi connectivity index (χ1v) is 11.3. The van der Waals surface area contributed by atoms with Gasteiger partial charge >= 0.3 is 5.69 Å². The van der Waals surface area contributed by atoms with E-state index in [0.717, 1.165) is 24.0 Å². The minimum absolute atomic E-state index is 0.0312. The van der Waals surface area contributed by atoms with Crippen LogP contribution in [-0.4, -0.2) is 44.9 Å². The molecule has 0 saturated heterocycles. The molecule has 0 unspecified atom stereocenters. The molecule has 0 atom stereocenters. The molecule has 1 aromatic carbocycles. The highest BCUT2D eigenvalue weighted by Crippen LogP contribution is 2.31. The van der Waals surface area contributed by atoms with Crippen LogP contribution in [0.3, 0.4) is 0 Å². The Balaban J connectivity index is 2.45. The van der Waals surface area contributed by atoms with Crippen LogP contribution in [0.5, 0.6) is 0 Å². The minimum atomic E-state index is -4.35. The molecule has 2 aromatic heterocycles. The Bertz CT molecular complexity index is 1480. The highest BCUT2D eigenvalue weighted by Gasteiger charge is 2.23. The SMILES string of the molecule is CC(=O)CS(=O)(=O)Nn1c(=O)c2cc(-c3ccnn3C)c(C(C)C)cc2n(C(C)=O)c1=O. The number of hydrogen-bond donors (Lipinski definition) is 1. The van der Waals surface area contributed by atoms with E-state index < -0.39 is 38.7 Å². The number of aryl methyl sites for hydroxylation is 1. The fraction of sp³-hybridized carbons (Fsp3) is 0.350. The van der Waals surface area contributed by atoms with Gasteiger partial charge in [0.1, 0.15) is 11.5 Å². The van der Waals surface area contributed by atoms with E-state index in [0.29, 0.717) is 11.3 Å². The lowest BCUT2D eigenvalue weighted by atomic mass is 9.93. The maximum atomic E-state index is 13.2. The van der Waals surface area contributed by atoms with Crippen molar-refractivity contribution < 1.29 is 18.0 Å². The number of sulfonamides is 1. The summed E-state index contributed by atoms with van der Waals surface area (Å²) in [5.74, 6) is -2.35. The zero-order valence-electron chi connectivity index (χ0n) is 18.2. The molecule has 0 saturated carbocycles. The third-order valence-electron chi connectivity index (χ3n) is 4.88. The molecule has 1 N–H and O–H groups in total. The number of hydrogen-bond acceptors (Lipinski definition) is 7. The molecular weight excluding hydrogens is 438 g/mol. The van der Waals surface area contributed by atoms with Crippen molar-refractivity contribution in [3.05, 3.63) is 50.8 Å². The van der Waals surface area contributed by atoms with E-state index in [1.807, 2.05) is 18.7 Å². The fourth-order valence-electron chi connectivity index (χ4n) is 3.53. The van der Waals surface area contributed by atoms with E-state index in [9.17, 15) is 27.6 Å². The summed E-state index contributed by atoms with van der Waals surface area (Å²) >= 11 is 0. The molecule has 0 spiro atoms. The van der Waals surface area contributed by atoms with Gasteiger partial charge in [-0.15, -0.1) is 0 Å². The summed E-state index contributed by atoms with van der Waals surface area (Å²) in [4.78, 5) is 51.5. The zero-order valence-corrected chi connectivity index (χ0v) is 19.1. The Hall–Kier alpha value is -3.54. The molecule has 11 nitrogen and oxygen atoms in total. The second-order valence-corrected chi connectivity index (χ2v) is 9.48. The summed E-state index contributed by atoms with van der Waals surface area (Å²) in [5.41, 5.74) is 0.0307. The van der Waals surface area contributed by atoms with Crippen molar-refractivity contribution in [2.45, 2.75) is 33.6 Å². The molecule has 0 amide bonds. The van der Waals surface area contributed by atoms with Gasteiger partial charge < -0.3 is 0 Å². The highest BCUT2D eigenvalue weighted by molar-refractivity contribution is 7.93. The monoisotopic (exact) mass is 461 g/mol. The van der Waals surface area contributed by atoms with Crippen LogP contribution >= 0.6 is 0 Å². The second kappa shape index (κ2) is 8.19. The Morgan fingerprint density at radius 1 is 1.16 bits per heavy atom. The molecule has 0 aliphatic heterocycles. The van der Waals surface area contributed by atoms with Crippen LogP contribution in [0.4, 0.5) is 0 Å². The number of rotatable bonds is 6. The lowest BCUT2D eigenvalue weighted by molar-refractivity contribution is -0.114. The van der Waals surface area contributed by atoms with Gasteiger partial charge in [-0.25, -0.2) is 22.6 Å². The smallest absolute Gasteiger partial charge is 0.299 e. The van der Waals surface area contributed by atoms with Crippen molar-refractivity contribution in [3.63, 3.8) is 0 Å².